The Balaban J connectivity index is 2.29. The van der Waals surface area contributed by atoms with Gasteiger partial charge in [0.25, 0.3) is 0 Å². The minimum atomic E-state index is -1.02. The Morgan fingerprint density at radius 1 is 1.04 bits per heavy atom. The molecule has 0 amide bonds. The van der Waals surface area contributed by atoms with Gasteiger partial charge in [-0.3, -0.25) is 14.4 Å². The molecule has 2 rings (SSSR count). The van der Waals surface area contributed by atoms with Gasteiger partial charge >= 0.3 is 17.9 Å². The largest absolute Gasteiger partial charge is 0.463 e. The molecule has 1 aromatic rings. The summed E-state index contributed by atoms with van der Waals surface area (Å²) in [6, 6.07) is 6.63. The molecule has 1 saturated heterocycles. The van der Waals surface area contributed by atoms with E-state index in [0.29, 0.717) is 10.8 Å². The van der Waals surface area contributed by atoms with Gasteiger partial charge in [-0.2, -0.15) is 0 Å². The highest BCUT2D eigenvalue weighted by Gasteiger charge is 2.49. The quantitative estimate of drug-likeness (QED) is 0.517. The molecule has 0 spiro atoms. The van der Waals surface area contributed by atoms with E-state index in [1.54, 1.807) is 31.2 Å². The summed E-state index contributed by atoms with van der Waals surface area (Å²) < 4.78 is 27.5. The maximum Gasteiger partial charge on any atom is 0.303 e. The summed E-state index contributed by atoms with van der Waals surface area (Å²) in [5.41, 5.74) is 0. The maximum atomic E-state index is 11.6. The number of benzene rings is 1. The maximum absolute atomic E-state index is 11.6. The molecule has 5 atom stereocenters. The first kappa shape index (κ1) is 22.0. The Morgan fingerprint density at radius 3 is 2.25 bits per heavy atom. The summed E-state index contributed by atoms with van der Waals surface area (Å²) in [7, 11) is 0. The van der Waals surface area contributed by atoms with Crippen molar-refractivity contribution in [1.29, 1.82) is 0 Å². The second-order valence-electron chi connectivity index (χ2n) is 6.43. The summed E-state index contributed by atoms with van der Waals surface area (Å²) in [5, 5.41) is 0.458. The lowest BCUT2D eigenvalue weighted by Crippen LogP contribution is -2.58. The molecule has 8 nitrogen and oxygen atoms in total. The van der Waals surface area contributed by atoms with Gasteiger partial charge in [0.05, 0.1) is 0 Å². The lowest BCUT2D eigenvalue weighted by molar-refractivity contribution is -0.271. The highest BCUT2D eigenvalue weighted by atomic mass is 35.5. The van der Waals surface area contributed by atoms with Crippen LogP contribution in [0.15, 0.2) is 24.3 Å². The van der Waals surface area contributed by atoms with Gasteiger partial charge in [0.2, 0.25) is 6.29 Å². The molecule has 3 unspecified atom stereocenters. The molecule has 9 heteroatoms. The van der Waals surface area contributed by atoms with Crippen molar-refractivity contribution < 1.29 is 38.1 Å². The summed E-state index contributed by atoms with van der Waals surface area (Å²) in [5.74, 6) is -1.68. The van der Waals surface area contributed by atoms with Gasteiger partial charge in [0.15, 0.2) is 6.10 Å². The van der Waals surface area contributed by atoms with Crippen LogP contribution in [-0.2, 0) is 33.3 Å². The van der Waals surface area contributed by atoms with E-state index in [-0.39, 0.29) is 6.61 Å². The van der Waals surface area contributed by atoms with E-state index in [1.165, 1.54) is 20.8 Å². The zero-order valence-corrected chi connectivity index (χ0v) is 16.8. The van der Waals surface area contributed by atoms with Crippen molar-refractivity contribution in [1.82, 2.24) is 0 Å². The number of rotatable bonds is 6. The predicted octanol–water partition coefficient (Wildman–Crippen LogP) is 2.51. The van der Waals surface area contributed by atoms with E-state index in [4.69, 9.17) is 35.3 Å². The molecule has 1 fully saturated rings. The van der Waals surface area contributed by atoms with Gasteiger partial charge in [0.1, 0.15) is 24.6 Å². The topological polar surface area (TPSA) is 97.4 Å². The number of hydrogen-bond donors (Lipinski definition) is 0. The smallest absolute Gasteiger partial charge is 0.303 e. The number of hydrogen-bond acceptors (Lipinski definition) is 8. The van der Waals surface area contributed by atoms with Crippen molar-refractivity contribution in [2.75, 3.05) is 6.61 Å². The van der Waals surface area contributed by atoms with Crippen molar-refractivity contribution >= 4 is 29.5 Å². The summed E-state index contributed by atoms with van der Waals surface area (Å²) in [6.45, 7) is 5.35. The predicted molar refractivity (Wildman–Crippen MR) is 97.6 cm³/mol. The van der Waals surface area contributed by atoms with Crippen molar-refractivity contribution in [3.8, 4) is 5.75 Å². The molecule has 0 aromatic heterocycles. The van der Waals surface area contributed by atoms with Crippen LogP contribution in [0.1, 0.15) is 27.7 Å². The Bertz CT molecular complexity index is 720. The highest BCUT2D eigenvalue weighted by Crippen LogP contribution is 2.33. The third-order valence-electron chi connectivity index (χ3n) is 4.08. The van der Waals surface area contributed by atoms with Gasteiger partial charge < -0.3 is 23.7 Å². The van der Waals surface area contributed by atoms with Crippen LogP contribution in [0.25, 0.3) is 0 Å². The second-order valence-corrected chi connectivity index (χ2v) is 6.86. The number of carbonyl (C=O) groups is 3. The van der Waals surface area contributed by atoms with Crippen LogP contribution in [0.4, 0.5) is 0 Å². The molecular formula is C19H23ClO8. The number of halogens is 1. The van der Waals surface area contributed by atoms with Crippen molar-refractivity contribution in [2.45, 2.75) is 52.3 Å². The summed E-state index contributed by atoms with van der Waals surface area (Å²) >= 11 is 5.98. The molecule has 0 bridgehead atoms. The third kappa shape index (κ3) is 6.10. The van der Waals surface area contributed by atoms with Crippen LogP contribution >= 0.6 is 11.6 Å². The highest BCUT2D eigenvalue weighted by molar-refractivity contribution is 6.30. The molecule has 1 heterocycles. The molecule has 0 saturated carbocycles. The molecule has 0 aliphatic carbocycles. The van der Waals surface area contributed by atoms with E-state index in [1.807, 2.05) is 0 Å². The minimum absolute atomic E-state index is 0.153. The number of ether oxygens (including phenoxy) is 5. The zero-order chi connectivity index (χ0) is 20.8. The standard InChI is InChI=1S/C19H23ClO8/c1-10-17(25-12(3)22)16(9-24-11(2)21)28-19(18(10)26-13(4)23)27-15-7-5-6-14(20)8-15/h5-8,10,16-19H,9H2,1-4H3/t10?,16?,17-,18?,19+/m1/s1. The van der Waals surface area contributed by atoms with Crippen LogP contribution in [0.2, 0.25) is 5.02 Å². The normalized spacial score (nSPS) is 26.8. The Morgan fingerprint density at radius 2 is 1.68 bits per heavy atom. The molecular weight excluding hydrogens is 392 g/mol. The van der Waals surface area contributed by atoms with E-state index < -0.39 is 48.4 Å². The van der Waals surface area contributed by atoms with Crippen LogP contribution in [0.5, 0.6) is 5.75 Å². The first-order valence-corrected chi connectivity index (χ1v) is 9.10. The molecule has 28 heavy (non-hydrogen) atoms. The lowest BCUT2D eigenvalue weighted by Gasteiger charge is -2.43. The zero-order valence-electron chi connectivity index (χ0n) is 16.0. The second kappa shape index (κ2) is 9.75. The lowest BCUT2D eigenvalue weighted by atomic mass is 9.90. The first-order chi connectivity index (χ1) is 13.2. The van der Waals surface area contributed by atoms with Gasteiger partial charge in [-0.1, -0.05) is 24.6 Å². The monoisotopic (exact) mass is 414 g/mol. The van der Waals surface area contributed by atoms with Gasteiger partial charge in [0, 0.05) is 31.7 Å². The molecule has 1 aromatic carbocycles. The average molecular weight is 415 g/mol. The van der Waals surface area contributed by atoms with Gasteiger partial charge in [-0.25, -0.2) is 0 Å². The van der Waals surface area contributed by atoms with Gasteiger partial charge in [-0.15, -0.1) is 0 Å². The van der Waals surface area contributed by atoms with Crippen molar-refractivity contribution in [3.05, 3.63) is 29.3 Å². The Kier molecular flexibility index (Phi) is 7.65. The summed E-state index contributed by atoms with van der Waals surface area (Å²) in [6.07, 6.45) is -3.50. The van der Waals surface area contributed by atoms with Crippen molar-refractivity contribution in [2.24, 2.45) is 5.92 Å². The fourth-order valence-electron chi connectivity index (χ4n) is 2.93. The van der Waals surface area contributed by atoms with Gasteiger partial charge in [-0.05, 0) is 18.2 Å². The molecule has 1 aliphatic heterocycles. The SMILES string of the molecule is CC(=O)OCC1O[C@H](Oc2cccc(Cl)c2)C(OC(C)=O)C(C)[C@H]1OC(C)=O. The van der Waals surface area contributed by atoms with Crippen molar-refractivity contribution in [3.63, 3.8) is 0 Å². The summed E-state index contributed by atoms with van der Waals surface area (Å²) in [4.78, 5) is 34.4. The Labute approximate surface area is 168 Å². The van der Waals surface area contributed by atoms with E-state index in [2.05, 4.69) is 0 Å². The van der Waals surface area contributed by atoms with E-state index >= 15 is 0 Å². The van der Waals surface area contributed by atoms with Crippen LogP contribution in [0.3, 0.4) is 0 Å². The van der Waals surface area contributed by atoms with Crippen LogP contribution in [0, 0.1) is 5.92 Å². The van der Waals surface area contributed by atoms with E-state index in [0.717, 1.165) is 0 Å². The number of esters is 3. The van der Waals surface area contributed by atoms with Crippen LogP contribution in [-0.4, -0.2) is 49.1 Å². The molecule has 154 valence electrons. The minimum Gasteiger partial charge on any atom is -0.463 e. The Hall–Kier alpha value is -2.32. The molecule has 0 N–H and O–H groups in total. The molecule has 1 aliphatic rings. The fraction of sp³-hybridized carbons (Fsp3) is 0.526. The fourth-order valence-corrected chi connectivity index (χ4v) is 3.11. The number of carbonyl (C=O) groups excluding carboxylic acids is 3. The average Bonchev–Trinajstić information content (AvgIpc) is 2.58. The van der Waals surface area contributed by atoms with E-state index in [9.17, 15) is 14.4 Å². The molecule has 0 radical (unpaired) electrons. The third-order valence-corrected chi connectivity index (χ3v) is 4.32. The first-order valence-electron chi connectivity index (χ1n) is 8.73. The van der Waals surface area contributed by atoms with Crippen LogP contribution < -0.4 is 4.74 Å².